The van der Waals surface area contributed by atoms with Gasteiger partial charge in [-0.25, -0.2) is 0 Å². The Morgan fingerprint density at radius 1 is 0.368 bits per heavy atom. The molecular formula is C51H98O6. The van der Waals surface area contributed by atoms with Crippen LogP contribution in [-0.4, -0.2) is 37.2 Å². The van der Waals surface area contributed by atoms with Crippen molar-refractivity contribution in [2.45, 2.75) is 285 Å². The molecule has 0 saturated heterocycles. The van der Waals surface area contributed by atoms with Crippen molar-refractivity contribution in [3.8, 4) is 0 Å². The van der Waals surface area contributed by atoms with Crippen LogP contribution in [0.25, 0.3) is 0 Å². The molecule has 0 heterocycles. The number of unbranched alkanes of at least 4 members (excludes halogenated alkanes) is 29. The highest BCUT2D eigenvalue weighted by atomic mass is 16.6. The molecule has 0 aliphatic heterocycles. The van der Waals surface area contributed by atoms with Gasteiger partial charge in [0, 0.05) is 19.3 Å². The van der Waals surface area contributed by atoms with Crippen LogP contribution in [0.5, 0.6) is 0 Å². The van der Waals surface area contributed by atoms with E-state index in [0.29, 0.717) is 19.3 Å². The number of carbonyl (C=O) groups is 3. The zero-order valence-electron chi connectivity index (χ0n) is 39.0. The molecule has 0 spiro atoms. The molecule has 0 aromatic carbocycles. The zero-order valence-corrected chi connectivity index (χ0v) is 39.0. The number of carbonyl (C=O) groups excluding carboxylic acids is 3. The number of esters is 3. The van der Waals surface area contributed by atoms with Crippen LogP contribution in [0, 0.1) is 11.8 Å². The van der Waals surface area contributed by atoms with Gasteiger partial charge in [-0.15, -0.1) is 0 Å². The first kappa shape index (κ1) is 55.4. The molecule has 0 aromatic heterocycles. The zero-order chi connectivity index (χ0) is 41.9. The molecule has 0 aliphatic carbocycles. The summed E-state index contributed by atoms with van der Waals surface area (Å²) in [6, 6.07) is 0. The third-order valence-corrected chi connectivity index (χ3v) is 11.8. The van der Waals surface area contributed by atoms with Crippen LogP contribution < -0.4 is 0 Å². The van der Waals surface area contributed by atoms with E-state index < -0.39 is 6.10 Å². The molecule has 6 nitrogen and oxygen atoms in total. The van der Waals surface area contributed by atoms with Crippen LogP contribution in [-0.2, 0) is 28.6 Å². The summed E-state index contributed by atoms with van der Waals surface area (Å²) in [5.41, 5.74) is 0. The highest BCUT2D eigenvalue weighted by Crippen LogP contribution is 2.17. The largest absolute Gasteiger partial charge is 0.462 e. The normalized spacial score (nSPS) is 12.5. The fourth-order valence-corrected chi connectivity index (χ4v) is 7.60. The van der Waals surface area contributed by atoms with Gasteiger partial charge >= 0.3 is 17.9 Å². The van der Waals surface area contributed by atoms with Gasteiger partial charge in [-0.1, -0.05) is 240 Å². The SMILES string of the molecule is CCCCCCCCCCCCCCCCCCC(=O)OC[C@H](COC(=O)CCCCCCCCC(C)CC)OC(=O)CCCCCCCCCCCCC(C)C. The van der Waals surface area contributed by atoms with E-state index in [-0.39, 0.29) is 31.1 Å². The fraction of sp³-hybridized carbons (Fsp3) is 0.941. The van der Waals surface area contributed by atoms with Gasteiger partial charge in [0.2, 0.25) is 0 Å². The number of ether oxygens (including phenoxy) is 3. The van der Waals surface area contributed by atoms with Crippen LogP contribution in [0.4, 0.5) is 0 Å². The Morgan fingerprint density at radius 2 is 0.667 bits per heavy atom. The predicted octanol–water partition coefficient (Wildman–Crippen LogP) is 16.1. The van der Waals surface area contributed by atoms with Gasteiger partial charge in [-0.3, -0.25) is 14.4 Å². The standard InChI is InChI=1S/C51H98O6/c1-6-8-9-10-11-12-13-14-15-16-17-18-22-25-31-36-41-49(52)55-44-48(45-56-50(53)42-37-32-28-27-30-35-40-47(5)7-2)57-51(54)43-38-33-26-23-20-19-21-24-29-34-39-46(3)4/h46-48H,6-45H2,1-5H3/t47?,48-/m1/s1. The van der Waals surface area contributed by atoms with Crippen LogP contribution in [0.15, 0.2) is 0 Å². The summed E-state index contributed by atoms with van der Waals surface area (Å²) in [5.74, 6) is 0.777. The second-order valence-corrected chi connectivity index (χ2v) is 18.2. The molecule has 1 unspecified atom stereocenters. The second kappa shape index (κ2) is 44.0. The van der Waals surface area contributed by atoms with Gasteiger partial charge in [0.25, 0.3) is 0 Å². The maximum atomic E-state index is 12.8. The monoisotopic (exact) mass is 807 g/mol. The average molecular weight is 807 g/mol. The molecule has 0 fully saturated rings. The van der Waals surface area contributed by atoms with E-state index in [4.69, 9.17) is 14.2 Å². The van der Waals surface area contributed by atoms with Gasteiger partial charge in [0.05, 0.1) is 0 Å². The van der Waals surface area contributed by atoms with Crippen molar-refractivity contribution in [2.24, 2.45) is 11.8 Å². The Morgan fingerprint density at radius 3 is 1.00 bits per heavy atom. The lowest BCUT2D eigenvalue weighted by Crippen LogP contribution is -2.30. The van der Waals surface area contributed by atoms with E-state index in [1.807, 2.05) is 0 Å². The summed E-state index contributed by atoms with van der Waals surface area (Å²) in [6.45, 7) is 11.3. The van der Waals surface area contributed by atoms with Gasteiger partial charge in [-0.2, -0.15) is 0 Å². The molecule has 0 bridgehead atoms. The molecule has 0 aromatic rings. The molecule has 0 saturated carbocycles. The maximum absolute atomic E-state index is 12.8. The first-order chi connectivity index (χ1) is 27.8. The Kier molecular flexibility index (Phi) is 42.7. The third kappa shape index (κ3) is 43.8. The number of hydrogen-bond acceptors (Lipinski definition) is 6. The van der Waals surface area contributed by atoms with Gasteiger partial charge in [-0.05, 0) is 31.1 Å². The van der Waals surface area contributed by atoms with Crippen LogP contribution in [0.3, 0.4) is 0 Å². The minimum Gasteiger partial charge on any atom is -0.462 e. The molecule has 57 heavy (non-hydrogen) atoms. The van der Waals surface area contributed by atoms with Crippen molar-refractivity contribution in [1.82, 2.24) is 0 Å². The predicted molar refractivity (Wildman–Crippen MR) is 243 cm³/mol. The van der Waals surface area contributed by atoms with Crippen molar-refractivity contribution in [3.63, 3.8) is 0 Å². The Labute approximate surface area is 355 Å². The maximum Gasteiger partial charge on any atom is 0.306 e. The van der Waals surface area contributed by atoms with Crippen molar-refractivity contribution in [3.05, 3.63) is 0 Å². The second-order valence-electron chi connectivity index (χ2n) is 18.2. The molecule has 338 valence electrons. The summed E-state index contributed by atoms with van der Waals surface area (Å²) in [6.07, 6.45) is 43.8. The lowest BCUT2D eigenvalue weighted by molar-refractivity contribution is -0.167. The molecular weight excluding hydrogens is 709 g/mol. The Bertz CT molecular complexity index is 872. The van der Waals surface area contributed by atoms with E-state index in [1.54, 1.807) is 0 Å². The molecule has 6 heteroatoms. The lowest BCUT2D eigenvalue weighted by atomic mass is 10.00. The summed E-state index contributed by atoms with van der Waals surface area (Å²) >= 11 is 0. The summed E-state index contributed by atoms with van der Waals surface area (Å²) in [4.78, 5) is 37.9. The highest BCUT2D eigenvalue weighted by molar-refractivity contribution is 5.71. The van der Waals surface area contributed by atoms with E-state index in [2.05, 4.69) is 34.6 Å². The first-order valence-electron chi connectivity index (χ1n) is 25.3. The van der Waals surface area contributed by atoms with Crippen LogP contribution in [0.1, 0.15) is 279 Å². The van der Waals surface area contributed by atoms with E-state index in [1.165, 1.54) is 167 Å². The molecule has 0 N–H and O–H groups in total. The van der Waals surface area contributed by atoms with Crippen LogP contribution in [0.2, 0.25) is 0 Å². The average Bonchev–Trinajstić information content (AvgIpc) is 3.19. The number of rotatable bonds is 45. The lowest BCUT2D eigenvalue weighted by Gasteiger charge is -2.18. The minimum absolute atomic E-state index is 0.0647. The molecule has 2 atom stereocenters. The van der Waals surface area contributed by atoms with Gasteiger partial charge in [0.15, 0.2) is 6.10 Å². The van der Waals surface area contributed by atoms with E-state index in [0.717, 1.165) is 69.6 Å². The van der Waals surface area contributed by atoms with Crippen molar-refractivity contribution in [1.29, 1.82) is 0 Å². The molecule has 0 aliphatic rings. The topological polar surface area (TPSA) is 78.9 Å². The Hall–Kier alpha value is -1.59. The third-order valence-electron chi connectivity index (χ3n) is 11.8. The Balaban J connectivity index is 4.30. The summed E-state index contributed by atoms with van der Waals surface area (Å²) < 4.78 is 16.8. The molecule has 0 radical (unpaired) electrons. The van der Waals surface area contributed by atoms with Crippen molar-refractivity contribution in [2.75, 3.05) is 13.2 Å². The fourth-order valence-electron chi connectivity index (χ4n) is 7.60. The molecule has 0 rings (SSSR count). The minimum atomic E-state index is -0.762. The van der Waals surface area contributed by atoms with Crippen molar-refractivity contribution < 1.29 is 28.6 Å². The smallest absolute Gasteiger partial charge is 0.306 e. The highest BCUT2D eigenvalue weighted by Gasteiger charge is 2.19. The van der Waals surface area contributed by atoms with Gasteiger partial charge in [0.1, 0.15) is 13.2 Å². The first-order valence-corrected chi connectivity index (χ1v) is 25.3. The van der Waals surface area contributed by atoms with E-state index in [9.17, 15) is 14.4 Å². The summed E-state index contributed by atoms with van der Waals surface area (Å²) in [7, 11) is 0. The quantitative estimate of drug-likeness (QED) is 0.0346. The number of hydrogen-bond donors (Lipinski definition) is 0. The van der Waals surface area contributed by atoms with Crippen molar-refractivity contribution >= 4 is 17.9 Å². The molecule has 0 amide bonds. The summed E-state index contributed by atoms with van der Waals surface area (Å²) in [5, 5.41) is 0. The van der Waals surface area contributed by atoms with E-state index >= 15 is 0 Å². The van der Waals surface area contributed by atoms with Gasteiger partial charge < -0.3 is 14.2 Å². The van der Waals surface area contributed by atoms with Crippen LogP contribution >= 0.6 is 0 Å².